The van der Waals surface area contributed by atoms with Gasteiger partial charge < -0.3 is 14.6 Å². The Bertz CT molecular complexity index is 334. The maximum atomic E-state index is 10.5. The Labute approximate surface area is 94.0 Å². The van der Waals surface area contributed by atoms with Crippen molar-refractivity contribution in [1.82, 2.24) is 4.98 Å². The fraction of sp³-hybridized carbons (Fsp3) is 0.455. The Balaban J connectivity index is 2.35. The lowest BCUT2D eigenvalue weighted by molar-refractivity contribution is 0.0542. The number of carboxylic acid groups (broad SMARTS) is 1. The van der Waals surface area contributed by atoms with Gasteiger partial charge in [0.15, 0.2) is 0 Å². The topological polar surface area (TPSA) is 68.7 Å². The highest BCUT2D eigenvalue weighted by atomic mass is 16.5. The molecule has 0 saturated carbocycles. The summed E-state index contributed by atoms with van der Waals surface area (Å²) in [4.78, 5) is 14.4. The van der Waals surface area contributed by atoms with Gasteiger partial charge in [-0.1, -0.05) is 0 Å². The average Bonchev–Trinajstić information content (AvgIpc) is 2.25. The van der Waals surface area contributed by atoms with E-state index in [1.165, 1.54) is 18.3 Å². The van der Waals surface area contributed by atoms with E-state index >= 15 is 0 Å². The number of hydrogen-bond acceptors (Lipinski definition) is 4. The molecule has 0 aromatic carbocycles. The smallest absolute Gasteiger partial charge is 0.337 e. The zero-order valence-corrected chi connectivity index (χ0v) is 9.34. The standard InChI is InChI=1S/C11H15NO4/c1-8(2)15-5-6-16-10-4-3-9(7-12-10)11(13)14/h3-4,7-8H,5-6H2,1-2H3,(H,13,14). The normalized spacial score (nSPS) is 10.4. The van der Waals surface area contributed by atoms with E-state index in [0.717, 1.165) is 0 Å². The van der Waals surface area contributed by atoms with Gasteiger partial charge in [-0.3, -0.25) is 0 Å². The van der Waals surface area contributed by atoms with Crippen LogP contribution in [-0.2, 0) is 4.74 Å². The van der Waals surface area contributed by atoms with E-state index in [9.17, 15) is 4.79 Å². The van der Waals surface area contributed by atoms with Crippen LogP contribution in [-0.4, -0.2) is 35.4 Å². The SMILES string of the molecule is CC(C)OCCOc1ccc(C(=O)O)cn1. The predicted octanol–water partition coefficient (Wildman–Crippen LogP) is 1.58. The maximum absolute atomic E-state index is 10.5. The van der Waals surface area contributed by atoms with Gasteiger partial charge in [0.05, 0.1) is 18.3 Å². The summed E-state index contributed by atoms with van der Waals surface area (Å²) in [5, 5.41) is 8.65. The first-order valence-electron chi connectivity index (χ1n) is 5.03. The molecule has 1 N–H and O–H groups in total. The zero-order valence-electron chi connectivity index (χ0n) is 9.34. The summed E-state index contributed by atoms with van der Waals surface area (Å²) in [7, 11) is 0. The van der Waals surface area contributed by atoms with Crippen LogP contribution in [0.4, 0.5) is 0 Å². The first-order valence-corrected chi connectivity index (χ1v) is 5.03. The Morgan fingerprint density at radius 1 is 1.44 bits per heavy atom. The molecule has 5 nitrogen and oxygen atoms in total. The molecule has 0 aliphatic rings. The van der Waals surface area contributed by atoms with Gasteiger partial charge in [0, 0.05) is 12.3 Å². The van der Waals surface area contributed by atoms with E-state index in [-0.39, 0.29) is 11.7 Å². The summed E-state index contributed by atoms with van der Waals surface area (Å²) in [6.45, 7) is 4.78. The molecular weight excluding hydrogens is 210 g/mol. The minimum Gasteiger partial charge on any atom is -0.478 e. The predicted molar refractivity (Wildman–Crippen MR) is 57.8 cm³/mol. The van der Waals surface area contributed by atoms with E-state index in [2.05, 4.69) is 4.98 Å². The van der Waals surface area contributed by atoms with Crippen LogP contribution in [0, 0.1) is 0 Å². The summed E-state index contributed by atoms with van der Waals surface area (Å²) >= 11 is 0. The van der Waals surface area contributed by atoms with E-state index in [0.29, 0.717) is 19.1 Å². The van der Waals surface area contributed by atoms with Gasteiger partial charge in [-0.2, -0.15) is 0 Å². The van der Waals surface area contributed by atoms with Crippen LogP contribution in [0.3, 0.4) is 0 Å². The lowest BCUT2D eigenvalue weighted by Gasteiger charge is -2.08. The minimum atomic E-state index is -0.998. The summed E-state index contributed by atoms with van der Waals surface area (Å²) in [6, 6.07) is 2.98. The molecule has 0 fully saturated rings. The summed E-state index contributed by atoms with van der Waals surface area (Å²) in [5.74, 6) is -0.598. The van der Waals surface area contributed by atoms with Gasteiger partial charge in [-0.15, -0.1) is 0 Å². The van der Waals surface area contributed by atoms with Gasteiger partial charge in [-0.05, 0) is 19.9 Å². The average molecular weight is 225 g/mol. The van der Waals surface area contributed by atoms with Crippen molar-refractivity contribution in [3.63, 3.8) is 0 Å². The third kappa shape index (κ3) is 4.27. The molecule has 0 aliphatic carbocycles. The van der Waals surface area contributed by atoms with Crippen LogP contribution in [0.15, 0.2) is 18.3 Å². The third-order valence-corrected chi connectivity index (χ3v) is 1.77. The molecule has 0 unspecified atom stereocenters. The Kier molecular flexibility index (Phi) is 4.72. The number of hydrogen-bond donors (Lipinski definition) is 1. The Morgan fingerprint density at radius 3 is 2.69 bits per heavy atom. The van der Waals surface area contributed by atoms with Crippen molar-refractivity contribution in [3.8, 4) is 5.88 Å². The van der Waals surface area contributed by atoms with Gasteiger partial charge in [0.1, 0.15) is 6.61 Å². The fourth-order valence-electron chi connectivity index (χ4n) is 1.02. The molecule has 1 rings (SSSR count). The molecule has 5 heteroatoms. The molecule has 1 aromatic rings. The molecule has 88 valence electrons. The number of aromatic carboxylic acids is 1. The van der Waals surface area contributed by atoms with E-state index < -0.39 is 5.97 Å². The molecule has 1 heterocycles. The second-order valence-corrected chi connectivity index (χ2v) is 3.46. The highest BCUT2D eigenvalue weighted by Crippen LogP contribution is 2.07. The molecule has 0 radical (unpaired) electrons. The van der Waals surface area contributed by atoms with Gasteiger partial charge in [0.2, 0.25) is 5.88 Å². The Hall–Kier alpha value is -1.62. The first kappa shape index (κ1) is 12.4. The molecule has 0 bridgehead atoms. The van der Waals surface area contributed by atoms with Crippen LogP contribution in [0.2, 0.25) is 0 Å². The first-order chi connectivity index (χ1) is 7.59. The van der Waals surface area contributed by atoms with Crippen LogP contribution in [0.25, 0.3) is 0 Å². The number of ether oxygens (including phenoxy) is 2. The van der Waals surface area contributed by atoms with E-state index in [4.69, 9.17) is 14.6 Å². The highest BCUT2D eigenvalue weighted by molar-refractivity contribution is 5.87. The number of nitrogens with zero attached hydrogens (tertiary/aromatic N) is 1. The van der Waals surface area contributed by atoms with Crippen LogP contribution < -0.4 is 4.74 Å². The van der Waals surface area contributed by atoms with E-state index in [1.807, 2.05) is 13.8 Å². The van der Waals surface area contributed by atoms with Crippen LogP contribution >= 0.6 is 0 Å². The van der Waals surface area contributed by atoms with Crippen molar-refractivity contribution in [2.45, 2.75) is 20.0 Å². The molecular formula is C11H15NO4. The summed E-state index contributed by atoms with van der Waals surface area (Å²) in [6.07, 6.45) is 1.44. The monoisotopic (exact) mass is 225 g/mol. The quantitative estimate of drug-likeness (QED) is 0.744. The number of carboxylic acids is 1. The molecule has 1 aromatic heterocycles. The molecule has 0 aliphatic heterocycles. The second-order valence-electron chi connectivity index (χ2n) is 3.46. The van der Waals surface area contributed by atoms with Crippen molar-refractivity contribution in [3.05, 3.63) is 23.9 Å². The number of rotatable bonds is 6. The lowest BCUT2D eigenvalue weighted by atomic mass is 10.3. The van der Waals surface area contributed by atoms with Crippen molar-refractivity contribution < 1.29 is 19.4 Å². The van der Waals surface area contributed by atoms with Gasteiger partial charge in [0.25, 0.3) is 0 Å². The maximum Gasteiger partial charge on any atom is 0.337 e. The number of pyridine rings is 1. The van der Waals surface area contributed by atoms with Crippen LogP contribution in [0.5, 0.6) is 5.88 Å². The largest absolute Gasteiger partial charge is 0.478 e. The molecule has 16 heavy (non-hydrogen) atoms. The summed E-state index contributed by atoms with van der Waals surface area (Å²) in [5.41, 5.74) is 0.144. The molecule has 0 atom stereocenters. The minimum absolute atomic E-state index is 0.144. The summed E-state index contributed by atoms with van der Waals surface area (Å²) < 4.78 is 10.5. The molecule has 0 saturated heterocycles. The number of carbonyl (C=O) groups is 1. The van der Waals surface area contributed by atoms with Crippen molar-refractivity contribution >= 4 is 5.97 Å². The van der Waals surface area contributed by atoms with E-state index in [1.54, 1.807) is 0 Å². The van der Waals surface area contributed by atoms with Crippen LogP contribution in [0.1, 0.15) is 24.2 Å². The third-order valence-electron chi connectivity index (χ3n) is 1.77. The van der Waals surface area contributed by atoms with Gasteiger partial charge in [-0.25, -0.2) is 9.78 Å². The van der Waals surface area contributed by atoms with Gasteiger partial charge >= 0.3 is 5.97 Å². The molecule has 0 spiro atoms. The second kappa shape index (κ2) is 6.07. The highest BCUT2D eigenvalue weighted by Gasteiger charge is 2.03. The lowest BCUT2D eigenvalue weighted by Crippen LogP contribution is -2.11. The van der Waals surface area contributed by atoms with Crippen molar-refractivity contribution in [2.75, 3.05) is 13.2 Å². The zero-order chi connectivity index (χ0) is 12.0. The fourth-order valence-corrected chi connectivity index (χ4v) is 1.02. The number of aromatic nitrogens is 1. The van der Waals surface area contributed by atoms with Crippen molar-refractivity contribution in [2.24, 2.45) is 0 Å². The Morgan fingerprint density at radius 2 is 2.19 bits per heavy atom. The van der Waals surface area contributed by atoms with Crippen molar-refractivity contribution in [1.29, 1.82) is 0 Å². The molecule has 0 amide bonds.